The van der Waals surface area contributed by atoms with Gasteiger partial charge in [-0.2, -0.15) is 0 Å². The maximum absolute atomic E-state index is 13.3. The maximum atomic E-state index is 13.3. The lowest BCUT2D eigenvalue weighted by atomic mass is 9.98. The normalized spacial score (nSPS) is 11.9. The molecule has 0 fully saturated rings. The van der Waals surface area contributed by atoms with E-state index in [9.17, 15) is 14.4 Å². The zero-order valence-electron chi connectivity index (χ0n) is 21.1. The van der Waals surface area contributed by atoms with Gasteiger partial charge in [0.2, 0.25) is 0 Å². The fourth-order valence-electron chi connectivity index (χ4n) is 4.82. The van der Waals surface area contributed by atoms with Crippen molar-refractivity contribution in [1.82, 2.24) is 15.4 Å². The van der Waals surface area contributed by atoms with Gasteiger partial charge >= 0.3 is 12.1 Å². The molecule has 3 aromatic carbocycles. The minimum absolute atomic E-state index is 0.00743. The van der Waals surface area contributed by atoms with E-state index in [1.54, 1.807) is 0 Å². The second-order valence-electron chi connectivity index (χ2n) is 9.21. The highest BCUT2D eigenvalue weighted by Gasteiger charge is 2.29. The summed E-state index contributed by atoms with van der Waals surface area (Å²) in [4.78, 5) is 38.5. The molecular weight excluding hydrogens is 498 g/mol. The van der Waals surface area contributed by atoms with E-state index in [0.717, 1.165) is 27.8 Å². The number of carbonyl (C=O) groups is 3. The Hall–Kier alpha value is -4.92. The van der Waals surface area contributed by atoms with Gasteiger partial charge in [-0.25, -0.2) is 4.79 Å². The lowest BCUT2D eigenvalue weighted by molar-refractivity contribution is -0.137. The van der Waals surface area contributed by atoms with Gasteiger partial charge in [0.15, 0.2) is 0 Å². The molecule has 198 valence electrons. The van der Waals surface area contributed by atoms with E-state index in [4.69, 9.17) is 14.4 Å². The summed E-state index contributed by atoms with van der Waals surface area (Å²) in [5, 5.41) is 15.7. The summed E-state index contributed by atoms with van der Waals surface area (Å²) in [6.07, 6.45) is 0.345. The van der Waals surface area contributed by atoms with Crippen LogP contribution in [0, 0.1) is 0 Å². The summed E-state index contributed by atoms with van der Waals surface area (Å²) in [5.74, 6) is -1.53. The second-order valence-corrected chi connectivity index (χ2v) is 9.21. The lowest BCUT2D eigenvalue weighted by Crippen LogP contribution is -2.33. The quantitative estimate of drug-likeness (QED) is 0.304. The van der Waals surface area contributed by atoms with Crippen molar-refractivity contribution >= 4 is 18.0 Å². The van der Waals surface area contributed by atoms with Crippen molar-refractivity contribution < 1.29 is 28.8 Å². The van der Waals surface area contributed by atoms with Gasteiger partial charge in [0.25, 0.3) is 5.91 Å². The number of nitrogens with zero attached hydrogens (tertiary/aromatic N) is 2. The molecule has 0 radical (unpaired) electrons. The van der Waals surface area contributed by atoms with Gasteiger partial charge in [0.1, 0.15) is 24.1 Å². The molecule has 0 saturated carbocycles. The highest BCUT2D eigenvalue weighted by Crippen LogP contribution is 2.44. The molecule has 39 heavy (non-hydrogen) atoms. The van der Waals surface area contributed by atoms with Gasteiger partial charge in [-0.05, 0) is 27.8 Å². The monoisotopic (exact) mass is 525 g/mol. The van der Waals surface area contributed by atoms with Crippen LogP contribution in [0.5, 0.6) is 0 Å². The van der Waals surface area contributed by atoms with E-state index < -0.39 is 18.0 Å². The zero-order valence-corrected chi connectivity index (χ0v) is 21.1. The summed E-state index contributed by atoms with van der Waals surface area (Å²) in [6.45, 7) is 0.293. The molecule has 2 amide bonds. The number of nitrogens with one attached hydrogen (secondary N) is 1. The number of carboxylic acid groups (broad SMARTS) is 1. The number of hydrogen-bond acceptors (Lipinski definition) is 6. The molecular formula is C30H27N3O6. The van der Waals surface area contributed by atoms with Gasteiger partial charge in [-0.15, -0.1) is 0 Å². The Morgan fingerprint density at radius 3 is 2.23 bits per heavy atom. The number of fused-ring (bicyclic) bond motifs is 3. The first-order valence-electron chi connectivity index (χ1n) is 12.6. The number of benzene rings is 3. The number of hydrogen-bond donors (Lipinski definition) is 2. The van der Waals surface area contributed by atoms with Crippen molar-refractivity contribution in [2.45, 2.75) is 25.4 Å². The Morgan fingerprint density at radius 2 is 1.56 bits per heavy atom. The molecule has 9 heteroatoms. The second kappa shape index (κ2) is 11.6. The SMILES string of the molecule is O=C(O)CCN(Cc1ccccc1)C(=O)c1conc1CNC(=O)OCC1c2ccccc2-c2ccccc21. The van der Waals surface area contributed by atoms with Crippen LogP contribution >= 0.6 is 0 Å². The number of carboxylic acids is 1. The van der Waals surface area contributed by atoms with Crippen LogP contribution in [0.15, 0.2) is 89.6 Å². The van der Waals surface area contributed by atoms with Crippen LogP contribution in [-0.4, -0.2) is 46.3 Å². The number of rotatable bonds is 10. The van der Waals surface area contributed by atoms with Crippen LogP contribution in [0.3, 0.4) is 0 Å². The Bertz CT molecular complexity index is 1440. The summed E-state index contributed by atoms with van der Waals surface area (Å²) < 4.78 is 10.6. The summed E-state index contributed by atoms with van der Waals surface area (Å²) >= 11 is 0. The maximum Gasteiger partial charge on any atom is 0.407 e. The van der Waals surface area contributed by atoms with Crippen LogP contribution in [-0.2, 0) is 22.6 Å². The van der Waals surface area contributed by atoms with Crippen molar-refractivity contribution in [2.75, 3.05) is 13.2 Å². The van der Waals surface area contributed by atoms with Crippen LogP contribution in [0.1, 0.15) is 45.1 Å². The van der Waals surface area contributed by atoms with Gasteiger partial charge in [0, 0.05) is 19.0 Å². The Labute approximate surface area is 225 Å². The van der Waals surface area contributed by atoms with Crippen LogP contribution < -0.4 is 5.32 Å². The Morgan fingerprint density at radius 1 is 0.923 bits per heavy atom. The first kappa shape index (κ1) is 25.7. The lowest BCUT2D eigenvalue weighted by Gasteiger charge is -2.22. The molecule has 1 aromatic heterocycles. The van der Waals surface area contributed by atoms with E-state index in [2.05, 4.69) is 22.6 Å². The standard InChI is InChI=1S/C30H27N3O6/c34-28(35)14-15-33(17-20-8-2-1-3-9-20)29(36)26-19-39-32-27(26)16-31-30(37)38-18-25-23-12-6-4-10-21(23)22-11-5-7-13-24(22)25/h1-13,19,25H,14-18H2,(H,31,37)(H,34,35). The topological polar surface area (TPSA) is 122 Å². The molecule has 1 heterocycles. The molecule has 9 nitrogen and oxygen atoms in total. The fraction of sp³-hybridized carbons (Fsp3) is 0.200. The summed E-state index contributed by atoms with van der Waals surface area (Å²) in [5.41, 5.74) is 5.71. The van der Waals surface area contributed by atoms with Crippen LogP contribution in [0.4, 0.5) is 4.79 Å². The minimum atomic E-state index is -1.01. The molecule has 1 aliphatic rings. The van der Waals surface area contributed by atoms with Crippen LogP contribution in [0.25, 0.3) is 11.1 Å². The highest BCUT2D eigenvalue weighted by molar-refractivity contribution is 5.95. The van der Waals surface area contributed by atoms with Gasteiger partial charge < -0.3 is 24.6 Å². The van der Waals surface area contributed by atoms with Crippen molar-refractivity contribution in [2.24, 2.45) is 0 Å². The zero-order chi connectivity index (χ0) is 27.2. The number of ether oxygens (including phenoxy) is 1. The molecule has 4 aromatic rings. The van der Waals surface area contributed by atoms with E-state index in [-0.39, 0.29) is 49.8 Å². The van der Waals surface area contributed by atoms with E-state index in [1.807, 2.05) is 66.7 Å². The van der Waals surface area contributed by atoms with Gasteiger partial charge in [-0.1, -0.05) is 84.0 Å². The number of alkyl carbamates (subject to hydrolysis) is 1. The summed E-state index contributed by atoms with van der Waals surface area (Å²) in [7, 11) is 0. The molecule has 5 rings (SSSR count). The predicted octanol–water partition coefficient (Wildman–Crippen LogP) is 4.83. The summed E-state index contributed by atoms with van der Waals surface area (Å²) in [6, 6.07) is 25.4. The van der Waals surface area contributed by atoms with E-state index >= 15 is 0 Å². The molecule has 0 spiro atoms. The third-order valence-electron chi connectivity index (χ3n) is 6.72. The molecule has 2 N–H and O–H groups in total. The first-order valence-corrected chi connectivity index (χ1v) is 12.6. The Balaban J connectivity index is 1.22. The molecule has 0 saturated heterocycles. The molecule has 0 atom stereocenters. The highest BCUT2D eigenvalue weighted by atomic mass is 16.5. The van der Waals surface area contributed by atoms with E-state index in [0.29, 0.717) is 0 Å². The van der Waals surface area contributed by atoms with Crippen LogP contribution in [0.2, 0.25) is 0 Å². The predicted molar refractivity (Wildman–Crippen MR) is 142 cm³/mol. The fourth-order valence-corrected chi connectivity index (χ4v) is 4.82. The van der Waals surface area contributed by atoms with E-state index in [1.165, 1.54) is 11.2 Å². The number of aromatic nitrogens is 1. The minimum Gasteiger partial charge on any atom is -0.481 e. The average Bonchev–Trinajstić information content (AvgIpc) is 3.56. The Kier molecular flexibility index (Phi) is 7.68. The third kappa shape index (κ3) is 5.82. The van der Waals surface area contributed by atoms with Gasteiger partial charge in [-0.3, -0.25) is 9.59 Å². The third-order valence-corrected chi connectivity index (χ3v) is 6.72. The van der Waals surface area contributed by atoms with Crippen molar-refractivity contribution in [3.05, 3.63) is 113 Å². The van der Waals surface area contributed by atoms with Gasteiger partial charge in [0.05, 0.1) is 13.0 Å². The number of amides is 2. The smallest absolute Gasteiger partial charge is 0.407 e. The number of aliphatic carboxylic acids is 1. The average molecular weight is 526 g/mol. The van der Waals surface area contributed by atoms with Crippen molar-refractivity contribution in [3.63, 3.8) is 0 Å². The van der Waals surface area contributed by atoms with Crippen molar-refractivity contribution in [1.29, 1.82) is 0 Å². The molecule has 1 aliphatic carbocycles. The molecule has 0 bridgehead atoms. The number of carbonyl (C=O) groups excluding carboxylic acids is 2. The molecule has 0 aliphatic heterocycles. The largest absolute Gasteiger partial charge is 0.481 e. The first-order chi connectivity index (χ1) is 19.0. The molecule has 0 unspecified atom stereocenters. The van der Waals surface area contributed by atoms with Crippen molar-refractivity contribution in [3.8, 4) is 11.1 Å².